The number of allylic oxidation sites excluding steroid dienone is 4. The standard InChI is InChI=1S/C29H36Cl2N6O3/c1-19(28(38)39)10-20-2-6-36(7-3-20)18-21-11-26(22-13-23(30)15-24(31)14-22)35-27(12-21)40-25-16-33-29(34-17-25)37-8-4-32-5-9-37/h11-13,15-17,19-20,22,32H,2-10,14,18H2,1H3,(H,38,39). The molecule has 0 aromatic carbocycles. The van der Waals surface area contributed by atoms with Crippen molar-refractivity contribution in [2.75, 3.05) is 44.2 Å². The molecule has 2 atom stereocenters. The van der Waals surface area contributed by atoms with E-state index in [1.807, 2.05) is 12.1 Å². The lowest BCUT2D eigenvalue weighted by Crippen LogP contribution is -2.44. The summed E-state index contributed by atoms with van der Waals surface area (Å²) in [4.78, 5) is 29.7. The first-order valence-corrected chi connectivity index (χ1v) is 14.7. The van der Waals surface area contributed by atoms with Crippen molar-refractivity contribution in [2.24, 2.45) is 11.8 Å². The number of carboxylic acids is 1. The zero-order valence-electron chi connectivity index (χ0n) is 22.7. The predicted molar refractivity (Wildman–Crippen MR) is 156 cm³/mol. The smallest absolute Gasteiger partial charge is 0.306 e. The molecule has 0 bridgehead atoms. The van der Waals surface area contributed by atoms with Gasteiger partial charge in [0.05, 0.1) is 24.0 Å². The Morgan fingerprint density at radius 1 is 1.15 bits per heavy atom. The molecule has 3 aliphatic rings. The van der Waals surface area contributed by atoms with Gasteiger partial charge in [-0.15, -0.1) is 0 Å². The molecule has 2 saturated heterocycles. The van der Waals surface area contributed by atoms with Gasteiger partial charge in [-0.1, -0.05) is 36.2 Å². The highest BCUT2D eigenvalue weighted by Gasteiger charge is 2.25. The Morgan fingerprint density at radius 3 is 2.55 bits per heavy atom. The molecule has 0 saturated carbocycles. The number of hydrogen-bond acceptors (Lipinski definition) is 8. The van der Waals surface area contributed by atoms with Crippen LogP contribution in [0.1, 0.15) is 49.8 Å². The van der Waals surface area contributed by atoms with Gasteiger partial charge in [0.1, 0.15) is 0 Å². The average molecular weight is 588 g/mol. The minimum absolute atomic E-state index is 0.0538. The van der Waals surface area contributed by atoms with Crippen LogP contribution in [0.15, 0.2) is 46.7 Å². The minimum Gasteiger partial charge on any atom is -0.481 e. The van der Waals surface area contributed by atoms with Gasteiger partial charge in [0.2, 0.25) is 11.8 Å². The van der Waals surface area contributed by atoms with Crippen molar-refractivity contribution < 1.29 is 14.6 Å². The molecule has 0 radical (unpaired) electrons. The molecule has 40 heavy (non-hydrogen) atoms. The van der Waals surface area contributed by atoms with Crippen LogP contribution in [0.25, 0.3) is 0 Å². The van der Waals surface area contributed by atoms with E-state index in [9.17, 15) is 9.90 Å². The van der Waals surface area contributed by atoms with Crippen LogP contribution in [0.2, 0.25) is 0 Å². The molecule has 1 aliphatic carbocycles. The monoisotopic (exact) mass is 586 g/mol. The molecule has 0 spiro atoms. The van der Waals surface area contributed by atoms with Crippen LogP contribution >= 0.6 is 23.2 Å². The molecule has 2 N–H and O–H groups in total. The number of aliphatic carboxylic acids is 1. The minimum atomic E-state index is -0.713. The number of carboxylic acid groups (broad SMARTS) is 1. The van der Waals surface area contributed by atoms with Gasteiger partial charge >= 0.3 is 5.97 Å². The Labute approximate surface area is 245 Å². The van der Waals surface area contributed by atoms with Crippen LogP contribution < -0.4 is 15.0 Å². The van der Waals surface area contributed by atoms with Crippen molar-refractivity contribution in [2.45, 2.75) is 45.1 Å². The van der Waals surface area contributed by atoms with E-state index in [2.05, 4.69) is 31.2 Å². The first-order chi connectivity index (χ1) is 19.3. The van der Waals surface area contributed by atoms with Crippen molar-refractivity contribution in [3.63, 3.8) is 0 Å². The number of nitrogens with one attached hydrogen (secondary N) is 1. The highest BCUT2D eigenvalue weighted by atomic mass is 35.5. The molecule has 4 heterocycles. The molecule has 2 aromatic heterocycles. The van der Waals surface area contributed by atoms with Crippen LogP contribution in [-0.2, 0) is 11.3 Å². The molecular weight excluding hydrogens is 551 g/mol. The number of ether oxygens (including phenoxy) is 1. The van der Waals surface area contributed by atoms with Gasteiger partial charge in [0.15, 0.2) is 5.75 Å². The number of aromatic nitrogens is 3. The fraction of sp³-hybridized carbons (Fsp3) is 0.517. The number of halogens is 2. The van der Waals surface area contributed by atoms with Crippen molar-refractivity contribution in [1.82, 2.24) is 25.2 Å². The summed E-state index contributed by atoms with van der Waals surface area (Å²) in [5.74, 6) is 1.08. The number of piperazine rings is 1. The summed E-state index contributed by atoms with van der Waals surface area (Å²) in [7, 11) is 0. The fourth-order valence-electron chi connectivity index (χ4n) is 5.57. The van der Waals surface area contributed by atoms with E-state index >= 15 is 0 Å². The normalized spacial score (nSPS) is 21.5. The van der Waals surface area contributed by atoms with Gasteiger partial charge in [-0.2, -0.15) is 0 Å². The number of pyridine rings is 1. The number of nitrogens with zero attached hydrogens (tertiary/aromatic N) is 5. The van der Waals surface area contributed by atoms with Crippen molar-refractivity contribution >= 4 is 35.1 Å². The summed E-state index contributed by atoms with van der Waals surface area (Å²) in [5.41, 5.74) is 1.94. The van der Waals surface area contributed by atoms with Crippen LogP contribution in [-0.4, -0.2) is 70.2 Å². The molecule has 2 aliphatic heterocycles. The zero-order valence-corrected chi connectivity index (χ0v) is 24.2. The maximum atomic E-state index is 11.3. The van der Waals surface area contributed by atoms with Crippen LogP contribution in [0.5, 0.6) is 11.6 Å². The highest BCUT2D eigenvalue weighted by molar-refractivity contribution is 6.35. The van der Waals surface area contributed by atoms with Gasteiger partial charge in [0, 0.05) is 54.8 Å². The fourth-order valence-corrected chi connectivity index (χ4v) is 6.20. The molecule has 2 fully saturated rings. The van der Waals surface area contributed by atoms with E-state index in [-0.39, 0.29) is 11.8 Å². The zero-order chi connectivity index (χ0) is 28.1. The molecule has 5 rings (SSSR count). The number of rotatable bonds is 9. The van der Waals surface area contributed by atoms with Gasteiger partial charge in [-0.3, -0.25) is 9.69 Å². The molecule has 2 unspecified atom stereocenters. The summed E-state index contributed by atoms with van der Waals surface area (Å²) in [6, 6.07) is 4.08. The van der Waals surface area contributed by atoms with E-state index < -0.39 is 5.97 Å². The highest BCUT2D eigenvalue weighted by Crippen LogP contribution is 2.35. The Bertz CT molecular complexity index is 1240. The Kier molecular flexibility index (Phi) is 9.57. The van der Waals surface area contributed by atoms with Crippen molar-refractivity contribution in [1.29, 1.82) is 0 Å². The first kappa shape index (κ1) is 28.8. The van der Waals surface area contributed by atoms with E-state index in [0.717, 1.165) is 76.3 Å². The second kappa shape index (κ2) is 13.3. The summed E-state index contributed by atoms with van der Waals surface area (Å²) in [6.45, 7) is 7.98. The number of piperidine rings is 1. The largest absolute Gasteiger partial charge is 0.481 e. The maximum Gasteiger partial charge on any atom is 0.306 e. The van der Waals surface area contributed by atoms with Gasteiger partial charge in [-0.25, -0.2) is 15.0 Å². The van der Waals surface area contributed by atoms with Crippen molar-refractivity contribution in [3.05, 3.63) is 58.0 Å². The van der Waals surface area contributed by atoms with Gasteiger partial charge in [0.25, 0.3) is 0 Å². The lowest BCUT2D eigenvalue weighted by molar-refractivity contribution is -0.141. The van der Waals surface area contributed by atoms with E-state index in [0.29, 0.717) is 40.0 Å². The van der Waals surface area contributed by atoms with Gasteiger partial charge in [-0.05, 0) is 62.4 Å². The second-order valence-corrected chi connectivity index (χ2v) is 11.9. The average Bonchev–Trinajstić information content (AvgIpc) is 2.94. The number of hydrogen-bond donors (Lipinski definition) is 2. The Hall–Kier alpha value is -2.72. The van der Waals surface area contributed by atoms with E-state index in [1.165, 1.54) is 0 Å². The summed E-state index contributed by atoms with van der Waals surface area (Å²) >= 11 is 12.7. The van der Waals surface area contributed by atoms with Crippen molar-refractivity contribution in [3.8, 4) is 11.6 Å². The van der Waals surface area contributed by atoms with Crippen LogP contribution in [0.4, 0.5) is 5.95 Å². The predicted octanol–water partition coefficient (Wildman–Crippen LogP) is 5.13. The summed E-state index contributed by atoms with van der Waals surface area (Å²) in [6.07, 6.45) is 10.5. The molecule has 0 amide bonds. The summed E-state index contributed by atoms with van der Waals surface area (Å²) in [5, 5.41) is 13.9. The van der Waals surface area contributed by atoms with Crippen LogP contribution in [0, 0.1) is 11.8 Å². The summed E-state index contributed by atoms with van der Waals surface area (Å²) < 4.78 is 6.18. The molecule has 11 heteroatoms. The third-order valence-electron chi connectivity index (χ3n) is 7.79. The quantitative estimate of drug-likeness (QED) is 0.413. The lowest BCUT2D eigenvalue weighted by Gasteiger charge is -2.32. The third-order valence-corrected chi connectivity index (χ3v) is 8.29. The van der Waals surface area contributed by atoms with Gasteiger partial charge < -0.3 is 20.1 Å². The van der Waals surface area contributed by atoms with E-state index in [4.69, 9.17) is 32.9 Å². The topological polar surface area (TPSA) is 104 Å². The maximum absolute atomic E-state index is 11.3. The van der Waals surface area contributed by atoms with Crippen LogP contribution in [0.3, 0.4) is 0 Å². The SMILES string of the molecule is CC(CC1CCN(Cc2cc(Oc3cnc(N4CCNCC4)nc3)nc(C3C=C(Cl)C=C(Cl)C3)c2)CC1)C(=O)O. The second-order valence-electron chi connectivity index (χ2n) is 10.9. The molecule has 9 nitrogen and oxygen atoms in total. The number of anilines is 1. The lowest BCUT2D eigenvalue weighted by atomic mass is 9.88. The first-order valence-electron chi connectivity index (χ1n) is 14.0. The molecule has 214 valence electrons. The number of likely N-dealkylation sites (tertiary alicyclic amines) is 1. The van der Waals surface area contributed by atoms with E-state index in [1.54, 1.807) is 25.4 Å². The number of carbonyl (C=O) groups is 1. The molecule has 2 aromatic rings. The molecular formula is C29H36Cl2N6O3. The third kappa shape index (κ3) is 7.72. The Morgan fingerprint density at radius 2 is 1.88 bits per heavy atom. The Balaban J connectivity index is 1.30.